The number of hydrogen-bond donors (Lipinski definition) is 1. The molecule has 0 fully saturated rings. The van der Waals surface area contributed by atoms with Gasteiger partial charge in [-0.3, -0.25) is 0 Å². The molecule has 0 aromatic carbocycles. The average molecular weight is 442 g/mol. The molecular formula is C21H35NO7Si. The van der Waals surface area contributed by atoms with Crippen LogP contribution >= 0.6 is 0 Å². The molecule has 0 bridgehead atoms. The maximum atomic E-state index is 12.7. The van der Waals surface area contributed by atoms with Gasteiger partial charge in [-0.25, -0.2) is 14.4 Å². The molecule has 0 spiro atoms. The van der Waals surface area contributed by atoms with Gasteiger partial charge in [-0.1, -0.05) is 31.6 Å². The number of carbonyl (C=O) groups excluding carboxylic acids is 2. The number of hydrogen-bond acceptors (Lipinski definition) is 6. The molecule has 0 radical (unpaired) electrons. The molecule has 1 N–H and O–H groups in total. The predicted octanol–water partition coefficient (Wildman–Crippen LogP) is 4.06. The third kappa shape index (κ3) is 11.0. The van der Waals surface area contributed by atoms with Crippen molar-refractivity contribution in [2.45, 2.75) is 84.5 Å². The van der Waals surface area contributed by atoms with Gasteiger partial charge in [0.2, 0.25) is 0 Å². The number of aliphatic carboxylic acids is 1. The molecule has 0 aliphatic carbocycles. The van der Waals surface area contributed by atoms with E-state index < -0.39 is 49.6 Å². The fourth-order valence-electron chi connectivity index (χ4n) is 2.05. The third-order valence-corrected chi connectivity index (χ3v) is 3.99. The van der Waals surface area contributed by atoms with E-state index in [1.54, 1.807) is 41.5 Å². The van der Waals surface area contributed by atoms with Crippen LogP contribution in [0.25, 0.3) is 0 Å². The van der Waals surface area contributed by atoms with Crippen molar-refractivity contribution in [2.24, 2.45) is 0 Å². The van der Waals surface area contributed by atoms with Crippen molar-refractivity contribution >= 4 is 26.2 Å². The van der Waals surface area contributed by atoms with Crippen LogP contribution in [0.5, 0.6) is 0 Å². The van der Waals surface area contributed by atoms with E-state index >= 15 is 0 Å². The zero-order valence-corrected chi connectivity index (χ0v) is 20.5. The Morgan fingerprint density at radius 3 is 1.77 bits per heavy atom. The number of rotatable bonds is 6. The molecule has 2 atom stereocenters. The minimum absolute atomic E-state index is 0.0821. The van der Waals surface area contributed by atoms with Gasteiger partial charge < -0.3 is 19.3 Å². The van der Waals surface area contributed by atoms with E-state index in [0.717, 1.165) is 0 Å². The van der Waals surface area contributed by atoms with E-state index in [-0.39, 0.29) is 6.61 Å². The monoisotopic (exact) mass is 441 g/mol. The maximum Gasteiger partial charge on any atom is 0.420 e. The standard InChI is InChI=1S/C21H35NO7Si/c1-11-15(27-13-12-14-30(8,9)10)16(17(23)24)22(18(25)28-20(2,3)4)19(26)29-21(5,6)7/h11,15-16H,1,13H2,2-10H3,(H,23,24)/t15-,16+/m0/s1. The van der Waals surface area contributed by atoms with Gasteiger partial charge >= 0.3 is 18.2 Å². The van der Waals surface area contributed by atoms with Gasteiger partial charge in [-0.05, 0) is 41.5 Å². The molecule has 0 heterocycles. The molecule has 0 aliphatic heterocycles. The largest absolute Gasteiger partial charge is 0.480 e. The van der Waals surface area contributed by atoms with Crippen LogP contribution in [0.3, 0.4) is 0 Å². The lowest BCUT2D eigenvalue weighted by Gasteiger charge is -2.33. The third-order valence-electron chi connectivity index (χ3n) is 3.07. The molecule has 0 unspecified atom stereocenters. The summed E-state index contributed by atoms with van der Waals surface area (Å²) in [6, 6.07) is -1.75. The van der Waals surface area contributed by atoms with Crippen molar-refractivity contribution in [3.8, 4) is 11.5 Å². The second-order valence-corrected chi connectivity index (χ2v) is 14.4. The van der Waals surface area contributed by atoms with Crippen LogP contribution in [0.15, 0.2) is 12.7 Å². The molecule has 0 saturated carbocycles. The quantitative estimate of drug-likeness (QED) is 0.377. The molecule has 0 rings (SSSR count). The van der Waals surface area contributed by atoms with E-state index in [1.807, 2.05) is 0 Å². The predicted molar refractivity (Wildman–Crippen MR) is 117 cm³/mol. The van der Waals surface area contributed by atoms with Gasteiger partial charge in [-0.15, -0.1) is 12.1 Å². The normalized spacial score (nSPS) is 13.9. The second-order valence-electron chi connectivity index (χ2n) is 9.68. The van der Waals surface area contributed by atoms with E-state index in [2.05, 4.69) is 37.7 Å². The summed E-state index contributed by atoms with van der Waals surface area (Å²) < 4.78 is 16.0. The molecule has 9 heteroatoms. The van der Waals surface area contributed by atoms with Gasteiger partial charge in [-0.2, -0.15) is 4.90 Å². The van der Waals surface area contributed by atoms with Crippen molar-refractivity contribution in [3.05, 3.63) is 12.7 Å². The lowest BCUT2D eigenvalue weighted by molar-refractivity contribution is -0.147. The topological polar surface area (TPSA) is 102 Å². The Bertz CT molecular complexity index is 674. The van der Waals surface area contributed by atoms with E-state index in [0.29, 0.717) is 4.90 Å². The molecule has 0 aliphatic rings. The van der Waals surface area contributed by atoms with Gasteiger partial charge in [0.25, 0.3) is 0 Å². The summed E-state index contributed by atoms with van der Waals surface area (Å²) in [6.45, 7) is 19.3. The number of carboxylic acid groups (broad SMARTS) is 1. The van der Waals surface area contributed by atoms with Crippen molar-refractivity contribution in [2.75, 3.05) is 6.61 Å². The summed E-state index contributed by atoms with van der Waals surface area (Å²) in [5, 5.41) is 9.81. The lowest BCUT2D eigenvalue weighted by atomic mass is 10.1. The Kier molecular flexibility index (Phi) is 9.82. The van der Waals surface area contributed by atoms with Crippen LogP contribution < -0.4 is 0 Å². The van der Waals surface area contributed by atoms with Gasteiger partial charge in [0, 0.05) is 0 Å². The van der Waals surface area contributed by atoms with Crippen LogP contribution in [0.2, 0.25) is 19.6 Å². The zero-order chi connectivity index (χ0) is 23.9. The van der Waals surface area contributed by atoms with Gasteiger partial charge in [0.15, 0.2) is 6.04 Å². The Morgan fingerprint density at radius 1 is 1.03 bits per heavy atom. The molecule has 0 aromatic heterocycles. The number of carboxylic acids is 1. The summed E-state index contributed by atoms with van der Waals surface area (Å²) >= 11 is 0. The first-order valence-electron chi connectivity index (χ1n) is 9.60. The molecule has 0 aromatic rings. The van der Waals surface area contributed by atoms with Gasteiger partial charge in [0.1, 0.15) is 32.0 Å². The van der Waals surface area contributed by atoms with Crippen molar-refractivity contribution < 1.29 is 33.7 Å². The summed E-state index contributed by atoms with van der Waals surface area (Å²) in [6.07, 6.45) is -2.34. The van der Waals surface area contributed by atoms with Crippen LogP contribution in [0.1, 0.15) is 41.5 Å². The molecule has 8 nitrogen and oxygen atoms in total. The second kappa shape index (κ2) is 10.6. The van der Waals surface area contributed by atoms with Crippen LogP contribution in [0.4, 0.5) is 9.59 Å². The first-order chi connectivity index (χ1) is 13.4. The first kappa shape index (κ1) is 27.7. The number of ether oxygens (including phenoxy) is 3. The van der Waals surface area contributed by atoms with E-state index in [1.165, 1.54) is 6.08 Å². The zero-order valence-electron chi connectivity index (χ0n) is 19.5. The fraction of sp³-hybridized carbons (Fsp3) is 0.667. The highest BCUT2D eigenvalue weighted by atomic mass is 28.3. The van der Waals surface area contributed by atoms with E-state index in [9.17, 15) is 19.5 Å². The number of carbonyl (C=O) groups is 3. The van der Waals surface area contributed by atoms with Gasteiger partial charge in [0.05, 0.1) is 0 Å². The molecule has 2 amide bonds. The highest BCUT2D eigenvalue weighted by Gasteiger charge is 2.44. The Balaban J connectivity index is 5.98. The molecular weight excluding hydrogens is 406 g/mol. The first-order valence-corrected chi connectivity index (χ1v) is 13.1. The Hall–Kier alpha value is -2.31. The Labute approximate surface area is 180 Å². The van der Waals surface area contributed by atoms with Crippen molar-refractivity contribution in [1.29, 1.82) is 0 Å². The molecule has 30 heavy (non-hydrogen) atoms. The van der Waals surface area contributed by atoms with Crippen LogP contribution in [-0.2, 0) is 19.0 Å². The molecule has 0 saturated heterocycles. The summed E-state index contributed by atoms with van der Waals surface area (Å²) in [5.41, 5.74) is 1.16. The highest BCUT2D eigenvalue weighted by molar-refractivity contribution is 6.83. The smallest absolute Gasteiger partial charge is 0.420 e. The SMILES string of the molecule is C=C[C@H](OCC#C[Si](C)(C)C)[C@H](C(=O)O)N(C(=O)OC(C)(C)C)C(=O)OC(C)(C)C. The molecule has 170 valence electrons. The minimum atomic E-state index is -1.75. The van der Waals surface area contributed by atoms with Crippen LogP contribution in [-0.4, -0.2) is 66.2 Å². The minimum Gasteiger partial charge on any atom is -0.480 e. The number of amides is 2. The van der Waals surface area contributed by atoms with Crippen LogP contribution in [0, 0.1) is 11.5 Å². The summed E-state index contributed by atoms with van der Waals surface area (Å²) in [4.78, 5) is 38.0. The summed E-state index contributed by atoms with van der Waals surface area (Å²) in [5.74, 6) is 1.38. The number of nitrogens with zero attached hydrogens (tertiary/aromatic N) is 1. The summed E-state index contributed by atoms with van der Waals surface area (Å²) in [7, 11) is -1.64. The maximum absolute atomic E-state index is 12.7. The highest BCUT2D eigenvalue weighted by Crippen LogP contribution is 2.20. The van der Waals surface area contributed by atoms with E-state index in [4.69, 9.17) is 14.2 Å². The van der Waals surface area contributed by atoms with Crippen molar-refractivity contribution in [3.63, 3.8) is 0 Å². The van der Waals surface area contributed by atoms with Crippen molar-refractivity contribution in [1.82, 2.24) is 4.90 Å². The number of imide groups is 1. The average Bonchev–Trinajstić information content (AvgIpc) is 2.48. The fourth-order valence-corrected chi connectivity index (χ4v) is 2.65. The lowest BCUT2D eigenvalue weighted by Crippen LogP contribution is -2.56. The Morgan fingerprint density at radius 2 is 1.47 bits per heavy atom.